The molecule has 0 aliphatic rings. The van der Waals surface area contributed by atoms with E-state index in [2.05, 4.69) is 51.4 Å². The number of hydrogen-bond donors (Lipinski definition) is 0. The van der Waals surface area contributed by atoms with Crippen LogP contribution in [0.5, 0.6) is 0 Å². The molecule has 9 heteroatoms. The van der Waals surface area contributed by atoms with Crippen LogP contribution >= 0.6 is 45.3 Å². The molecule has 0 fully saturated rings. The van der Waals surface area contributed by atoms with E-state index in [1.165, 1.54) is 9.00 Å². The van der Waals surface area contributed by atoms with Crippen molar-refractivity contribution in [2.75, 3.05) is 0 Å². The van der Waals surface area contributed by atoms with Crippen molar-refractivity contribution in [3.63, 3.8) is 0 Å². The summed E-state index contributed by atoms with van der Waals surface area (Å²) in [6.07, 6.45) is 0. The quantitative estimate of drug-likeness (QED) is 0.286. The summed E-state index contributed by atoms with van der Waals surface area (Å²) in [6.45, 7) is 13.9. The van der Waals surface area contributed by atoms with Crippen LogP contribution in [-0.2, 0) is 0 Å². The lowest BCUT2D eigenvalue weighted by Gasteiger charge is -2.12. The minimum absolute atomic E-state index is 0.501. The van der Waals surface area contributed by atoms with Gasteiger partial charge < -0.3 is 4.42 Å². The van der Waals surface area contributed by atoms with Gasteiger partial charge in [0.05, 0.1) is 45.7 Å². The zero-order chi connectivity index (χ0) is 20.9. The summed E-state index contributed by atoms with van der Waals surface area (Å²) in [6, 6.07) is 4.50. The van der Waals surface area contributed by atoms with Crippen LogP contribution in [0.4, 0.5) is 0 Å². The molecule has 0 amide bonds. The van der Waals surface area contributed by atoms with Gasteiger partial charge in [-0.1, -0.05) is 39.3 Å². The lowest BCUT2D eigenvalue weighted by atomic mass is 10.3. The highest BCUT2D eigenvalue weighted by atomic mass is 32.1. The van der Waals surface area contributed by atoms with Gasteiger partial charge in [-0.25, -0.2) is 9.59 Å². The van der Waals surface area contributed by atoms with Crippen LogP contribution in [0.2, 0.25) is 39.3 Å². The Morgan fingerprint density at radius 2 is 1.00 bits per heavy atom. The van der Waals surface area contributed by atoms with Gasteiger partial charge in [0.15, 0.2) is 0 Å². The number of thiophene rings is 4. The molecule has 0 bridgehead atoms. The summed E-state index contributed by atoms with van der Waals surface area (Å²) < 4.78 is 14.1. The fourth-order valence-corrected chi connectivity index (χ4v) is 12.7. The minimum atomic E-state index is -1.47. The molecule has 0 aromatic carbocycles. The average Bonchev–Trinajstić information content (AvgIpc) is 3.27. The van der Waals surface area contributed by atoms with Crippen molar-refractivity contribution in [1.82, 2.24) is 0 Å². The third-order valence-electron chi connectivity index (χ3n) is 5.01. The third kappa shape index (κ3) is 2.97. The average molecular weight is 493 g/mol. The predicted molar refractivity (Wildman–Crippen MR) is 139 cm³/mol. The molecule has 5 aromatic rings. The summed E-state index contributed by atoms with van der Waals surface area (Å²) in [5.41, 5.74) is -1.00. The molecule has 0 saturated heterocycles. The van der Waals surface area contributed by atoms with E-state index in [9.17, 15) is 9.59 Å². The summed E-state index contributed by atoms with van der Waals surface area (Å²) in [5, 5.41) is 1.18. The molecular formula is C20H20O3S4Si2. The Hall–Kier alpha value is -1.11. The van der Waals surface area contributed by atoms with E-state index in [1.54, 1.807) is 45.3 Å². The molecule has 150 valence electrons. The van der Waals surface area contributed by atoms with E-state index in [-0.39, 0.29) is 0 Å². The molecular weight excluding hydrogens is 473 g/mol. The molecule has 0 aliphatic heterocycles. The third-order valence-corrected chi connectivity index (χ3v) is 17.2. The van der Waals surface area contributed by atoms with Crippen LogP contribution in [0.3, 0.4) is 0 Å². The summed E-state index contributed by atoms with van der Waals surface area (Å²) in [7, 11) is -2.94. The Morgan fingerprint density at radius 3 is 1.34 bits per heavy atom. The van der Waals surface area contributed by atoms with Gasteiger partial charge in [0.1, 0.15) is 0 Å². The maximum absolute atomic E-state index is 12.9. The lowest BCUT2D eigenvalue weighted by Crippen LogP contribution is -2.34. The van der Waals surface area contributed by atoms with Gasteiger partial charge in [-0.15, -0.1) is 45.3 Å². The lowest BCUT2D eigenvalue weighted by molar-refractivity contribution is 0.492. The molecule has 0 aliphatic carbocycles. The number of fused-ring (bicyclic) bond motifs is 7. The SMILES string of the molecule is C[Si](C)(C)c1cc2sc3c4sc5cc([Si](C)(C)C)sc5c4c(=O)oc(=O)c3c2s1. The zero-order valence-corrected chi connectivity index (χ0v) is 22.3. The maximum Gasteiger partial charge on any atom is 0.349 e. The smallest absolute Gasteiger partial charge is 0.349 e. The molecule has 0 radical (unpaired) electrons. The molecule has 5 rings (SSSR count). The van der Waals surface area contributed by atoms with Crippen LogP contribution < -0.4 is 20.3 Å². The van der Waals surface area contributed by atoms with E-state index in [1.807, 2.05) is 0 Å². The molecule has 0 N–H and O–H groups in total. The van der Waals surface area contributed by atoms with Crippen molar-refractivity contribution in [3.05, 3.63) is 33.0 Å². The van der Waals surface area contributed by atoms with Crippen molar-refractivity contribution >= 4 is 109 Å². The monoisotopic (exact) mass is 492 g/mol. The molecule has 5 heterocycles. The normalized spacial score (nSPS) is 13.4. The summed E-state index contributed by atoms with van der Waals surface area (Å²) in [4.78, 5) is 25.8. The molecule has 3 nitrogen and oxygen atoms in total. The Kier molecular flexibility index (Phi) is 4.25. The van der Waals surface area contributed by atoms with Gasteiger partial charge in [-0.05, 0) is 21.1 Å². The predicted octanol–water partition coefficient (Wildman–Crippen LogP) is 5.95. The fraction of sp³-hybridized carbons (Fsp3) is 0.300. The van der Waals surface area contributed by atoms with Crippen molar-refractivity contribution < 1.29 is 4.42 Å². The second-order valence-electron chi connectivity index (χ2n) is 9.40. The summed E-state index contributed by atoms with van der Waals surface area (Å²) in [5.74, 6) is 0. The first kappa shape index (κ1) is 19.8. The number of hydrogen-bond acceptors (Lipinski definition) is 7. The highest BCUT2D eigenvalue weighted by Gasteiger charge is 2.26. The molecule has 5 aromatic heterocycles. The fourth-order valence-electron chi connectivity index (χ4n) is 3.39. The van der Waals surface area contributed by atoms with Crippen molar-refractivity contribution in [2.24, 2.45) is 0 Å². The Labute approximate surface area is 185 Å². The van der Waals surface area contributed by atoms with Crippen molar-refractivity contribution in [2.45, 2.75) is 39.3 Å². The van der Waals surface area contributed by atoms with Crippen molar-refractivity contribution in [1.29, 1.82) is 0 Å². The van der Waals surface area contributed by atoms with Crippen LogP contribution in [0.1, 0.15) is 0 Å². The molecule has 0 unspecified atom stereocenters. The minimum Gasteiger partial charge on any atom is -0.386 e. The topological polar surface area (TPSA) is 47.3 Å². The molecule has 29 heavy (non-hydrogen) atoms. The van der Waals surface area contributed by atoms with Gasteiger partial charge in [0.2, 0.25) is 0 Å². The first-order valence-corrected chi connectivity index (χ1v) is 19.6. The van der Waals surface area contributed by atoms with E-state index in [0.29, 0.717) is 10.8 Å². The van der Waals surface area contributed by atoms with E-state index in [4.69, 9.17) is 4.42 Å². The summed E-state index contributed by atoms with van der Waals surface area (Å²) >= 11 is 6.66. The Morgan fingerprint density at radius 1 is 0.621 bits per heavy atom. The van der Waals surface area contributed by atoms with Crippen LogP contribution in [0.25, 0.3) is 39.0 Å². The van der Waals surface area contributed by atoms with Gasteiger partial charge in [0.25, 0.3) is 0 Å². The van der Waals surface area contributed by atoms with E-state index in [0.717, 1.165) is 28.2 Å². The molecule has 0 atom stereocenters. The Balaban J connectivity index is 1.95. The van der Waals surface area contributed by atoms with E-state index < -0.39 is 27.4 Å². The van der Waals surface area contributed by atoms with E-state index >= 15 is 0 Å². The van der Waals surface area contributed by atoms with Gasteiger partial charge in [-0.2, -0.15) is 0 Å². The second-order valence-corrected chi connectivity index (χ2v) is 24.4. The molecule has 0 spiro atoms. The second kappa shape index (κ2) is 6.21. The van der Waals surface area contributed by atoms with Gasteiger partial charge in [-0.3, -0.25) is 0 Å². The van der Waals surface area contributed by atoms with Crippen LogP contribution in [-0.4, -0.2) is 16.1 Å². The van der Waals surface area contributed by atoms with Crippen LogP contribution in [0.15, 0.2) is 26.1 Å². The zero-order valence-electron chi connectivity index (χ0n) is 17.0. The van der Waals surface area contributed by atoms with Gasteiger partial charge in [0, 0.05) is 9.40 Å². The highest BCUT2D eigenvalue weighted by Crippen LogP contribution is 2.43. The maximum atomic E-state index is 12.9. The van der Waals surface area contributed by atoms with Gasteiger partial charge >= 0.3 is 11.3 Å². The van der Waals surface area contributed by atoms with Crippen molar-refractivity contribution in [3.8, 4) is 0 Å². The first-order valence-electron chi connectivity index (χ1n) is 9.35. The first-order chi connectivity index (χ1) is 13.4. The molecule has 0 saturated carbocycles. The Bertz CT molecular complexity index is 1450. The standard InChI is InChI=1S/C20H20O3S4Si2/c1-28(2,3)11-7-9-15(26-11)13-17(24-9)18-14(20(22)23-19(13)21)16-10(25-18)8-12(27-16)29(4,5)6/h7-8H,1-6H3. The van der Waals surface area contributed by atoms with Crippen LogP contribution in [0, 0.1) is 0 Å². The highest BCUT2D eigenvalue weighted by molar-refractivity contribution is 7.42. The number of rotatable bonds is 2. The largest absolute Gasteiger partial charge is 0.386 e.